The lowest BCUT2D eigenvalue weighted by Gasteiger charge is -2.24. The standard InChI is InChI=1S/C11H17BrN2/c1-7-6-8(12)14-10(13-5)9(7)11(2,3)4/h6H,1-5H3,(H,13,14). The second-order valence-corrected chi connectivity index (χ2v) is 5.30. The normalized spacial score (nSPS) is 11.6. The van der Waals surface area contributed by atoms with Crippen molar-refractivity contribution in [2.75, 3.05) is 12.4 Å². The van der Waals surface area contributed by atoms with E-state index in [1.807, 2.05) is 7.05 Å². The minimum Gasteiger partial charge on any atom is -0.373 e. The molecule has 0 aliphatic rings. The lowest BCUT2D eigenvalue weighted by atomic mass is 9.84. The van der Waals surface area contributed by atoms with Gasteiger partial charge >= 0.3 is 0 Å². The van der Waals surface area contributed by atoms with Crippen LogP contribution in [0.3, 0.4) is 0 Å². The average molecular weight is 257 g/mol. The third kappa shape index (κ3) is 2.27. The van der Waals surface area contributed by atoms with Gasteiger partial charge in [0.1, 0.15) is 10.4 Å². The Labute approximate surface area is 94.3 Å². The molecule has 3 heteroatoms. The van der Waals surface area contributed by atoms with Gasteiger partial charge in [-0.3, -0.25) is 0 Å². The van der Waals surface area contributed by atoms with Gasteiger partial charge < -0.3 is 5.32 Å². The number of pyridine rings is 1. The highest BCUT2D eigenvalue weighted by atomic mass is 79.9. The predicted molar refractivity (Wildman–Crippen MR) is 64.9 cm³/mol. The largest absolute Gasteiger partial charge is 0.373 e. The number of aromatic nitrogens is 1. The van der Waals surface area contributed by atoms with Gasteiger partial charge in [-0.1, -0.05) is 20.8 Å². The highest BCUT2D eigenvalue weighted by molar-refractivity contribution is 9.10. The van der Waals surface area contributed by atoms with Crippen molar-refractivity contribution in [3.63, 3.8) is 0 Å². The van der Waals surface area contributed by atoms with Gasteiger partial charge in [-0.05, 0) is 39.9 Å². The molecular weight excluding hydrogens is 240 g/mol. The van der Waals surface area contributed by atoms with Gasteiger partial charge in [0.2, 0.25) is 0 Å². The van der Waals surface area contributed by atoms with E-state index >= 15 is 0 Å². The third-order valence-corrected chi connectivity index (χ3v) is 2.58. The van der Waals surface area contributed by atoms with Gasteiger partial charge in [0.15, 0.2) is 0 Å². The van der Waals surface area contributed by atoms with Crippen LogP contribution in [0.5, 0.6) is 0 Å². The van der Waals surface area contributed by atoms with Crippen LogP contribution in [0.4, 0.5) is 5.82 Å². The zero-order valence-corrected chi connectivity index (χ0v) is 11.0. The molecule has 0 fully saturated rings. The Morgan fingerprint density at radius 1 is 1.36 bits per heavy atom. The summed E-state index contributed by atoms with van der Waals surface area (Å²) in [5.41, 5.74) is 2.67. The van der Waals surface area contributed by atoms with Crippen LogP contribution in [0.2, 0.25) is 0 Å². The van der Waals surface area contributed by atoms with Crippen molar-refractivity contribution >= 4 is 21.7 Å². The van der Waals surface area contributed by atoms with Crippen molar-refractivity contribution in [2.45, 2.75) is 33.1 Å². The molecule has 0 bridgehead atoms. The monoisotopic (exact) mass is 256 g/mol. The molecule has 0 atom stereocenters. The van der Waals surface area contributed by atoms with E-state index in [9.17, 15) is 0 Å². The lowest BCUT2D eigenvalue weighted by Crippen LogP contribution is -2.17. The molecule has 0 aromatic carbocycles. The van der Waals surface area contributed by atoms with E-state index in [1.54, 1.807) is 0 Å². The van der Waals surface area contributed by atoms with Gasteiger partial charge in [-0.2, -0.15) is 0 Å². The van der Waals surface area contributed by atoms with Gasteiger partial charge in [0.05, 0.1) is 0 Å². The van der Waals surface area contributed by atoms with Gasteiger partial charge in [-0.25, -0.2) is 4.98 Å². The smallest absolute Gasteiger partial charge is 0.131 e. The van der Waals surface area contributed by atoms with Crippen molar-refractivity contribution in [3.05, 3.63) is 21.8 Å². The Morgan fingerprint density at radius 2 is 1.93 bits per heavy atom. The maximum Gasteiger partial charge on any atom is 0.131 e. The van der Waals surface area contributed by atoms with E-state index in [1.165, 1.54) is 11.1 Å². The van der Waals surface area contributed by atoms with E-state index < -0.39 is 0 Å². The molecule has 1 aromatic rings. The molecule has 14 heavy (non-hydrogen) atoms. The van der Waals surface area contributed by atoms with E-state index in [2.05, 4.69) is 60.0 Å². The fourth-order valence-corrected chi connectivity index (χ4v) is 2.28. The summed E-state index contributed by atoms with van der Waals surface area (Å²) in [5.74, 6) is 0.962. The number of anilines is 1. The molecule has 0 saturated heterocycles. The molecule has 1 heterocycles. The number of nitrogens with one attached hydrogen (secondary N) is 1. The number of aryl methyl sites for hydroxylation is 1. The number of nitrogens with zero attached hydrogens (tertiary/aromatic N) is 1. The quantitative estimate of drug-likeness (QED) is 0.779. The summed E-state index contributed by atoms with van der Waals surface area (Å²) in [7, 11) is 1.91. The molecule has 0 aliphatic carbocycles. The van der Waals surface area contributed by atoms with Crippen molar-refractivity contribution in [3.8, 4) is 0 Å². The summed E-state index contributed by atoms with van der Waals surface area (Å²) in [6, 6.07) is 2.06. The molecule has 78 valence electrons. The first kappa shape index (κ1) is 11.5. The summed E-state index contributed by atoms with van der Waals surface area (Å²) in [6.07, 6.45) is 0. The topological polar surface area (TPSA) is 24.9 Å². The van der Waals surface area contributed by atoms with E-state index in [-0.39, 0.29) is 5.41 Å². The summed E-state index contributed by atoms with van der Waals surface area (Å²) in [5, 5.41) is 3.14. The Morgan fingerprint density at radius 3 is 2.36 bits per heavy atom. The molecule has 0 saturated carbocycles. The van der Waals surface area contributed by atoms with Crippen molar-refractivity contribution in [1.29, 1.82) is 0 Å². The van der Waals surface area contributed by atoms with Crippen molar-refractivity contribution in [1.82, 2.24) is 4.98 Å². The first-order valence-corrected chi connectivity index (χ1v) is 5.51. The van der Waals surface area contributed by atoms with Crippen molar-refractivity contribution < 1.29 is 0 Å². The second kappa shape index (κ2) is 3.89. The summed E-state index contributed by atoms with van der Waals surface area (Å²) in [6.45, 7) is 8.72. The highest BCUT2D eigenvalue weighted by Gasteiger charge is 2.21. The van der Waals surface area contributed by atoms with Gasteiger partial charge in [-0.15, -0.1) is 0 Å². The number of halogens is 1. The average Bonchev–Trinajstić information content (AvgIpc) is 1.99. The Kier molecular flexibility index (Phi) is 3.20. The van der Waals surface area contributed by atoms with Crippen LogP contribution in [0.1, 0.15) is 31.9 Å². The van der Waals surface area contributed by atoms with Crippen LogP contribution >= 0.6 is 15.9 Å². The lowest BCUT2D eigenvalue weighted by molar-refractivity contribution is 0.585. The summed E-state index contributed by atoms with van der Waals surface area (Å²) in [4.78, 5) is 4.42. The SMILES string of the molecule is CNc1nc(Br)cc(C)c1C(C)(C)C. The first-order chi connectivity index (χ1) is 6.36. The molecule has 1 N–H and O–H groups in total. The van der Waals surface area contributed by atoms with E-state index in [4.69, 9.17) is 0 Å². The summed E-state index contributed by atoms with van der Waals surface area (Å²) >= 11 is 3.40. The number of hydrogen-bond acceptors (Lipinski definition) is 2. The van der Waals surface area contributed by atoms with Crippen LogP contribution in [-0.4, -0.2) is 12.0 Å². The summed E-state index contributed by atoms with van der Waals surface area (Å²) < 4.78 is 0.882. The zero-order chi connectivity index (χ0) is 10.9. The van der Waals surface area contributed by atoms with Crippen LogP contribution in [0.15, 0.2) is 10.7 Å². The Bertz CT molecular complexity index is 340. The highest BCUT2D eigenvalue weighted by Crippen LogP contribution is 2.32. The van der Waals surface area contributed by atoms with E-state index in [0.717, 1.165) is 10.4 Å². The first-order valence-electron chi connectivity index (χ1n) is 4.71. The molecule has 0 amide bonds. The van der Waals surface area contributed by atoms with Gasteiger partial charge in [0, 0.05) is 12.6 Å². The Balaban J connectivity index is 3.40. The fraction of sp³-hybridized carbons (Fsp3) is 0.545. The Hall–Kier alpha value is -0.570. The molecule has 0 unspecified atom stereocenters. The second-order valence-electron chi connectivity index (χ2n) is 4.49. The molecule has 1 aromatic heterocycles. The predicted octanol–water partition coefficient (Wildman–Crippen LogP) is 3.49. The molecule has 0 aliphatic heterocycles. The van der Waals surface area contributed by atoms with Gasteiger partial charge in [0.25, 0.3) is 0 Å². The molecule has 2 nitrogen and oxygen atoms in total. The minimum absolute atomic E-state index is 0.121. The van der Waals surface area contributed by atoms with Crippen molar-refractivity contribution in [2.24, 2.45) is 0 Å². The third-order valence-electron chi connectivity index (χ3n) is 2.17. The molecule has 1 rings (SSSR count). The van der Waals surface area contributed by atoms with Crippen LogP contribution in [0, 0.1) is 6.92 Å². The van der Waals surface area contributed by atoms with Crippen LogP contribution in [-0.2, 0) is 5.41 Å². The maximum atomic E-state index is 4.42. The number of hydrogen-bond donors (Lipinski definition) is 1. The molecule has 0 radical (unpaired) electrons. The molecular formula is C11H17BrN2. The minimum atomic E-state index is 0.121. The van der Waals surface area contributed by atoms with Crippen LogP contribution in [0.25, 0.3) is 0 Å². The fourth-order valence-electron chi connectivity index (χ4n) is 1.76. The maximum absolute atomic E-state index is 4.42. The van der Waals surface area contributed by atoms with E-state index in [0.29, 0.717) is 0 Å². The molecule has 0 spiro atoms. The zero-order valence-electron chi connectivity index (χ0n) is 9.40. The number of rotatable bonds is 1. The van der Waals surface area contributed by atoms with Crippen LogP contribution < -0.4 is 5.32 Å².